The maximum absolute atomic E-state index is 13.7. The van der Waals surface area contributed by atoms with Crippen LogP contribution in [0.5, 0.6) is 5.75 Å². The Kier molecular flexibility index (Phi) is 5.70. The predicted molar refractivity (Wildman–Crippen MR) is 83.5 cm³/mol. The highest BCUT2D eigenvalue weighted by Crippen LogP contribution is 2.37. The van der Waals surface area contributed by atoms with Gasteiger partial charge in [-0.1, -0.05) is 57.5 Å². The number of halogens is 3. The minimum absolute atomic E-state index is 0.158. The first kappa shape index (κ1) is 15.3. The Morgan fingerprint density at radius 3 is 2.47 bits per heavy atom. The first-order valence-electron chi connectivity index (χ1n) is 6.79. The summed E-state index contributed by atoms with van der Waals surface area (Å²) < 4.78 is 20.3. The summed E-state index contributed by atoms with van der Waals surface area (Å²) in [4.78, 5) is 0. The Bertz CT molecular complexity index is 415. The van der Waals surface area contributed by atoms with E-state index in [1.807, 2.05) is 0 Å². The normalized spacial score (nSPS) is 18.9. The summed E-state index contributed by atoms with van der Waals surface area (Å²) in [6, 6.07) is 4.83. The second-order valence-corrected chi connectivity index (χ2v) is 6.89. The van der Waals surface area contributed by atoms with Crippen LogP contribution in [0.3, 0.4) is 0 Å². The molecule has 0 bridgehead atoms. The predicted octanol–water partition coefficient (Wildman–Crippen LogP) is 5.70. The van der Waals surface area contributed by atoms with E-state index in [2.05, 4.69) is 31.9 Å². The van der Waals surface area contributed by atoms with E-state index in [1.54, 1.807) is 12.1 Å². The van der Waals surface area contributed by atoms with E-state index in [9.17, 15) is 4.39 Å². The molecule has 1 saturated carbocycles. The lowest BCUT2D eigenvalue weighted by atomic mass is 9.83. The molecule has 0 heterocycles. The van der Waals surface area contributed by atoms with Crippen molar-refractivity contribution in [2.45, 2.75) is 38.5 Å². The number of benzene rings is 1. The molecule has 106 valence electrons. The van der Waals surface area contributed by atoms with Crippen molar-refractivity contribution in [3.8, 4) is 5.75 Å². The first-order valence-corrected chi connectivity index (χ1v) is 8.70. The number of rotatable bonds is 4. The molecule has 0 amide bonds. The molecule has 0 aliphatic heterocycles. The maximum Gasteiger partial charge on any atom is 0.165 e. The van der Waals surface area contributed by atoms with Gasteiger partial charge in [0.25, 0.3) is 0 Å². The lowest BCUT2D eigenvalue weighted by Crippen LogP contribution is -2.30. The molecule has 0 aromatic heterocycles. The number of ether oxygens (including phenoxy) is 1. The second kappa shape index (κ2) is 7.07. The summed E-state index contributed by atoms with van der Waals surface area (Å²) in [6.07, 6.45) is 7.42. The molecule has 1 aliphatic carbocycles. The zero-order valence-electron chi connectivity index (χ0n) is 10.9. The standard InChI is InChI=1S/C15H19Br2FO/c16-10-15(7-3-1-2-4-8-15)11-19-14-9-12(17)5-6-13(14)18/h5-6,9H,1-4,7-8,10-11H2. The van der Waals surface area contributed by atoms with Crippen molar-refractivity contribution in [1.29, 1.82) is 0 Å². The smallest absolute Gasteiger partial charge is 0.165 e. The highest BCUT2D eigenvalue weighted by Gasteiger charge is 2.31. The van der Waals surface area contributed by atoms with Crippen LogP contribution in [0, 0.1) is 11.2 Å². The third-order valence-electron chi connectivity index (χ3n) is 3.87. The van der Waals surface area contributed by atoms with Crippen LogP contribution >= 0.6 is 31.9 Å². The topological polar surface area (TPSA) is 9.23 Å². The highest BCUT2D eigenvalue weighted by molar-refractivity contribution is 9.10. The van der Waals surface area contributed by atoms with Crippen LogP contribution in [0.2, 0.25) is 0 Å². The van der Waals surface area contributed by atoms with Crippen molar-refractivity contribution in [3.63, 3.8) is 0 Å². The lowest BCUT2D eigenvalue weighted by molar-refractivity contribution is 0.145. The zero-order valence-corrected chi connectivity index (χ0v) is 14.1. The molecule has 0 spiro atoms. The summed E-state index contributed by atoms with van der Waals surface area (Å²) in [5.41, 5.74) is 0.158. The van der Waals surface area contributed by atoms with Crippen LogP contribution in [-0.4, -0.2) is 11.9 Å². The molecule has 0 N–H and O–H groups in total. The van der Waals surface area contributed by atoms with Crippen LogP contribution in [0.4, 0.5) is 4.39 Å². The van der Waals surface area contributed by atoms with Gasteiger partial charge in [-0.2, -0.15) is 0 Å². The summed E-state index contributed by atoms with van der Waals surface area (Å²) in [5.74, 6) is 0.0560. The van der Waals surface area contributed by atoms with Gasteiger partial charge in [-0.25, -0.2) is 4.39 Å². The Morgan fingerprint density at radius 1 is 1.16 bits per heavy atom. The fraction of sp³-hybridized carbons (Fsp3) is 0.600. The number of hydrogen-bond donors (Lipinski definition) is 0. The Labute approximate surface area is 131 Å². The fourth-order valence-corrected chi connectivity index (χ4v) is 3.68. The van der Waals surface area contributed by atoms with Gasteiger partial charge in [-0.3, -0.25) is 0 Å². The van der Waals surface area contributed by atoms with Crippen molar-refractivity contribution >= 4 is 31.9 Å². The van der Waals surface area contributed by atoms with Gasteiger partial charge in [-0.05, 0) is 31.0 Å². The average molecular weight is 394 g/mol. The molecule has 1 aliphatic rings. The van der Waals surface area contributed by atoms with Gasteiger partial charge in [0.1, 0.15) is 0 Å². The van der Waals surface area contributed by atoms with Crippen molar-refractivity contribution in [2.24, 2.45) is 5.41 Å². The molecule has 0 saturated heterocycles. The van der Waals surface area contributed by atoms with Crippen LogP contribution < -0.4 is 4.74 Å². The fourth-order valence-electron chi connectivity index (χ4n) is 2.61. The van der Waals surface area contributed by atoms with Crippen molar-refractivity contribution in [3.05, 3.63) is 28.5 Å². The molecule has 0 atom stereocenters. The lowest BCUT2D eigenvalue weighted by Gasteiger charge is -2.30. The van der Waals surface area contributed by atoms with Gasteiger partial charge in [0, 0.05) is 15.2 Å². The maximum atomic E-state index is 13.7. The summed E-state index contributed by atoms with van der Waals surface area (Å²) in [5, 5.41) is 0.926. The number of alkyl halides is 1. The van der Waals surface area contributed by atoms with Crippen LogP contribution in [0.25, 0.3) is 0 Å². The summed E-state index contributed by atoms with van der Waals surface area (Å²) >= 11 is 6.98. The van der Waals surface area contributed by atoms with E-state index < -0.39 is 0 Å². The van der Waals surface area contributed by atoms with Crippen LogP contribution in [-0.2, 0) is 0 Å². The van der Waals surface area contributed by atoms with Crippen LogP contribution in [0.15, 0.2) is 22.7 Å². The van der Waals surface area contributed by atoms with Crippen molar-refractivity contribution in [1.82, 2.24) is 0 Å². The van der Waals surface area contributed by atoms with Gasteiger partial charge in [-0.15, -0.1) is 0 Å². The molecule has 1 aromatic rings. The summed E-state index contributed by atoms with van der Waals surface area (Å²) in [7, 11) is 0. The van der Waals surface area contributed by atoms with E-state index >= 15 is 0 Å². The number of hydrogen-bond acceptors (Lipinski definition) is 1. The molecule has 1 aromatic carbocycles. The van der Waals surface area contributed by atoms with Crippen molar-refractivity contribution in [2.75, 3.05) is 11.9 Å². The average Bonchev–Trinajstić information content (AvgIpc) is 2.66. The second-order valence-electron chi connectivity index (χ2n) is 5.41. The Hall–Kier alpha value is -0.0900. The van der Waals surface area contributed by atoms with E-state index in [0.717, 1.165) is 22.6 Å². The monoisotopic (exact) mass is 392 g/mol. The van der Waals surface area contributed by atoms with Gasteiger partial charge >= 0.3 is 0 Å². The Balaban J connectivity index is 2.04. The molecule has 19 heavy (non-hydrogen) atoms. The molecule has 0 unspecified atom stereocenters. The largest absolute Gasteiger partial charge is 0.490 e. The van der Waals surface area contributed by atoms with E-state index in [4.69, 9.17) is 4.74 Å². The van der Waals surface area contributed by atoms with Crippen LogP contribution in [0.1, 0.15) is 38.5 Å². The molecule has 4 heteroatoms. The van der Waals surface area contributed by atoms with E-state index in [0.29, 0.717) is 12.4 Å². The van der Waals surface area contributed by atoms with E-state index in [1.165, 1.54) is 31.7 Å². The minimum Gasteiger partial charge on any atom is -0.490 e. The zero-order chi connectivity index (χ0) is 13.7. The van der Waals surface area contributed by atoms with E-state index in [-0.39, 0.29) is 11.2 Å². The SMILES string of the molecule is Fc1ccc(Br)cc1OCC1(CBr)CCCCCC1. The minimum atomic E-state index is -0.290. The van der Waals surface area contributed by atoms with Crippen molar-refractivity contribution < 1.29 is 9.13 Å². The van der Waals surface area contributed by atoms with Gasteiger partial charge in [0.2, 0.25) is 0 Å². The van der Waals surface area contributed by atoms with Gasteiger partial charge < -0.3 is 4.74 Å². The van der Waals surface area contributed by atoms with Gasteiger partial charge in [0.15, 0.2) is 11.6 Å². The molecule has 0 radical (unpaired) electrons. The van der Waals surface area contributed by atoms with Gasteiger partial charge in [0.05, 0.1) is 6.61 Å². The molecular formula is C15H19Br2FO. The molecular weight excluding hydrogens is 375 g/mol. The first-order chi connectivity index (χ1) is 9.15. The third kappa shape index (κ3) is 4.19. The highest BCUT2D eigenvalue weighted by atomic mass is 79.9. The molecule has 1 nitrogen and oxygen atoms in total. The quantitative estimate of drug-likeness (QED) is 0.470. The summed E-state index contributed by atoms with van der Waals surface area (Å²) in [6.45, 7) is 0.589. The molecule has 2 rings (SSSR count). The third-order valence-corrected chi connectivity index (χ3v) is 5.56. The Morgan fingerprint density at radius 2 is 1.84 bits per heavy atom. The molecule has 1 fully saturated rings.